The lowest BCUT2D eigenvalue weighted by molar-refractivity contribution is -0.152. The van der Waals surface area contributed by atoms with Crippen molar-refractivity contribution in [2.75, 3.05) is 13.2 Å². The van der Waals surface area contributed by atoms with Crippen molar-refractivity contribution in [2.45, 2.75) is 90.2 Å². The molecule has 0 N–H and O–H groups in total. The second-order valence-electron chi connectivity index (χ2n) is 13.0. The maximum absolute atomic E-state index is 14.2. The van der Waals surface area contributed by atoms with Crippen LogP contribution in [0.5, 0.6) is 5.75 Å². The first kappa shape index (κ1) is 32.5. The van der Waals surface area contributed by atoms with Crippen molar-refractivity contribution in [3.05, 3.63) is 60.6 Å². The number of aryl methyl sites for hydroxylation is 1. The predicted molar refractivity (Wildman–Crippen MR) is 168 cm³/mol. The fourth-order valence-corrected chi connectivity index (χ4v) is 7.22. The van der Waals surface area contributed by atoms with E-state index in [9.17, 15) is 23.6 Å². The number of aromatic nitrogens is 1. The van der Waals surface area contributed by atoms with Gasteiger partial charge in [0, 0.05) is 24.1 Å². The summed E-state index contributed by atoms with van der Waals surface area (Å²) in [4.78, 5) is 61.1. The van der Waals surface area contributed by atoms with Crippen LogP contribution < -0.4 is 4.74 Å². The maximum Gasteiger partial charge on any atom is 0.313 e. The fourth-order valence-electron chi connectivity index (χ4n) is 7.22. The van der Waals surface area contributed by atoms with E-state index in [0.29, 0.717) is 29.4 Å². The van der Waals surface area contributed by atoms with E-state index in [4.69, 9.17) is 9.47 Å². The number of rotatable bonds is 13. The van der Waals surface area contributed by atoms with E-state index in [-0.39, 0.29) is 73.0 Å². The third kappa shape index (κ3) is 6.18. The molecule has 1 aromatic carbocycles. The predicted octanol–water partition coefficient (Wildman–Crippen LogP) is 6.47. The number of ketones is 2. The quantitative estimate of drug-likeness (QED) is 0.144. The summed E-state index contributed by atoms with van der Waals surface area (Å²) >= 11 is 0. The van der Waals surface area contributed by atoms with Gasteiger partial charge in [0.15, 0.2) is 17.3 Å². The Bertz CT molecular complexity index is 1550. The summed E-state index contributed by atoms with van der Waals surface area (Å²) in [6.07, 6.45) is 8.39. The topological polar surface area (TPSA) is 103 Å². The van der Waals surface area contributed by atoms with Gasteiger partial charge in [-0.2, -0.15) is 0 Å². The summed E-state index contributed by atoms with van der Waals surface area (Å²) in [5.74, 6) is -1.86. The number of hydrogen-bond donors (Lipinski definition) is 0. The van der Waals surface area contributed by atoms with E-state index in [1.807, 2.05) is 13.0 Å². The van der Waals surface area contributed by atoms with Crippen LogP contribution in [0.25, 0.3) is 10.9 Å². The summed E-state index contributed by atoms with van der Waals surface area (Å²) in [6.45, 7) is 13.2. The Morgan fingerprint density at radius 2 is 2.00 bits per heavy atom. The van der Waals surface area contributed by atoms with E-state index in [0.717, 1.165) is 25.7 Å². The maximum atomic E-state index is 14.2. The minimum absolute atomic E-state index is 0.0478. The molecule has 1 spiro atoms. The van der Waals surface area contributed by atoms with Crippen LogP contribution in [0.4, 0.5) is 4.39 Å². The lowest BCUT2D eigenvalue weighted by Gasteiger charge is -2.35. The lowest BCUT2D eigenvalue weighted by atomic mass is 9.84. The highest BCUT2D eigenvalue weighted by molar-refractivity contribution is 6.11. The van der Waals surface area contributed by atoms with E-state index in [2.05, 4.69) is 18.1 Å². The molecule has 0 bridgehead atoms. The molecule has 3 aliphatic rings. The van der Waals surface area contributed by atoms with Gasteiger partial charge >= 0.3 is 5.97 Å². The SMILES string of the molecule is C=CCCCCC[C@H](C)C(=O)N1C[C@@]2(CC(=O)c3c(c(C)nc4ccc(F)cc34)O2)C[C@H]1C(=O)C[C@]1(C(=O)OCC)CC1C=C. The number of carbonyl (C=O) groups excluding carboxylic acids is 4. The van der Waals surface area contributed by atoms with Gasteiger partial charge < -0.3 is 14.4 Å². The van der Waals surface area contributed by atoms with Crippen molar-refractivity contribution in [3.63, 3.8) is 0 Å². The van der Waals surface area contributed by atoms with Gasteiger partial charge in [0.25, 0.3) is 0 Å². The van der Waals surface area contributed by atoms with Crippen molar-refractivity contribution in [2.24, 2.45) is 17.3 Å². The van der Waals surface area contributed by atoms with Gasteiger partial charge in [-0.1, -0.05) is 31.9 Å². The first-order valence-corrected chi connectivity index (χ1v) is 16.0. The number of likely N-dealkylation sites (tertiary alicyclic amines) is 1. The number of allylic oxidation sites excluding steroid dienone is 2. The zero-order valence-electron chi connectivity index (χ0n) is 26.5. The number of hydrogen-bond acceptors (Lipinski definition) is 7. The third-order valence-electron chi connectivity index (χ3n) is 9.76. The smallest absolute Gasteiger partial charge is 0.313 e. The number of fused-ring (bicyclic) bond motifs is 3. The molecule has 45 heavy (non-hydrogen) atoms. The molecular weight excluding hydrogens is 575 g/mol. The van der Waals surface area contributed by atoms with Gasteiger partial charge in [-0.15, -0.1) is 13.2 Å². The van der Waals surface area contributed by atoms with Crippen LogP contribution in [0.15, 0.2) is 43.5 Å². The standard InChI is InChI=1S/C36H43FN2O6/c1-6-9-10-11-12-13-22(4)33(42)39-21-35(18-28(39)29(40)20-36(17-24(36)7-2)34(43)44-8-3)19-30(41)31-26-16-25(37)14-15-27(26)38-23(5)32(31)45-35/h6-7,14-16,22,24,28H,1-2,8-13,17-21H2,3-5H3/t22-,24?,28-,35-,36+/m0/s1. The highest BCUT2D eigenvalue weighted by atomic mass is 19.1. The molecule has 5 atom stereocenters. The monoisotopic (exact) mass is 618 g/mol. The molecule has 1 aliphatic carbocycles. The molecule has 1 unspecified atom stereocenters. The Hall–Kier alpha value is -3.88. The van der Waals surface area contributed by atoms with Crippen molar-refractivity contribution in [3.8, 4) is 5.75 Å². The van der Waals surface area contributed by atoms with E-state index in [1.54, 1.807) is 24.8 Å². The molecule has 240 valence electrons. The number of benzene rings is 1. The number of esters is 1. The van der Waals surface area contributed by atoms with Crippen LogP contribution in [0.3, 0.4) is 0 Å². The number of pyridine rings is 1. The van der Waals surface area contributed by atoms with Gasteiger partial charge in [0.05, 0.1) is 47.8 Å². The van der Waals surface area contributed by atoms with Gasteiger partial charge in [0.2, 0.25) is 5.91 Å². The lowest BCUT2D eigenvalue weighted by Crippen LogP contribution is -2.47. The zero-order valence-corrected chi connectivity index (χ0v) is 26.5. The first-order chi connectivity index (χ1) is 21.5. The molecule has 5 rings (SSSR count). The van der Waals surface area contributed by atoms with Crippen molar-refractivity contribution in [1.29, 1.82) is 0 Å². The number of carbonyl (C=O) groups is 4. The van der Waals surface area contributed by atoms with Gasteiger partial charge in [-0.25, -0.2) is 9.37 Å². The Morgan fingerprint density at radius 3 is 2.69 bits per heavy atom. The molecular formula is C36H43FN2O6. The third-order valence-corrected chi connectivity index (χ3v) is 9.76. The zero-order chi connectivity index (χ0) is 32.5. The molecule has 1 saturated heterocycles. The largest absolute Gasteiger partial charge is 0.482 e. The summed E-state index contributed by atoms with van der Waals surface area (Å²) in [6, 6.07) is 3.24. The Balaban J connectivity index is 1.45. The minimum atomic E-state index is -1.16. The van der Waals surface area contributed by atoms with Crippen LogP contribution in [-0.2, 0) is 19.1 Å². The average molecular weight is 619 g/mol. The summed E-state index contributed by atoms with van der Waals surface area (Å²) in [5, 5.41) is 0.375. The Labute approximate surface area is 264 Å². The molecule has 2 aliphatic heterocycles. The molecule has 9 heteroatoms. The number of unbranched alkanes of at least 4 members (excludes halogenated alkanes) is 3. The first-order valence-electron chi connectivity index (χ1n) is 16.0. The molecule has 1 saturated carbocycles. The van der Waals surface area contributed by atoms with Gasteiger partial charge in [-0.05, 0) is 63.6 Å². The second-order valence-corrected chi connectivity index (χ2v) is 13.0. The van der Waals surface area contributed by atoms with E-state index >= 15 is 0 Å². The number of ether oxygens (including phenoxy) is 2. The normalized spacial score (nSPS) is 25.9. The molecule has 3 heterocycles. The number of Topliss-reactive ketones (excluding diaryl/α,β-unsaturated/α-hetero) is 2. The van der Waals surface area contributed by atoms with Crippen LogP contribution >= 0.6 is 0 Å². The summed E-state index contributed by atoms with van der Waals surface area (Å²) in [5.41, 5.74) is -0.906. The van der Waals surface area contributed by atoms with Crippen molar-refractivity contribution < 1.29 is 33.0 Å². The number of amides is 1. The highest BCUT2D eigenvalue weighted by Crippen LogP contribution is 2.57. The van der Waals surface area contributed by atoms with E-state index < -0.39 is 28.8 Å². The van der Waals surface area contributed by atoms with Crippen molar-refractivity contribution in [1.82, 2.24) is 9.88 Å². The molecule has 8 nitrogen and oxygen atoms in total. The Kier molecular flexibility index (Phi) is 9.28. The van der Waals surface area contributed by atoms with Crippen LogP contribution in [-0.4, -0.2) is 58.1 Å². The van der Waals surface area contributed by atoms with Crippen LogP contribution in [0.1, 0.15) is 87.7 Å². The highest BCUT2D eigenvalue weighted by Gasteiger charge is 2.62. The number of halogens is 1. The van der Waals surface area contributed by atoms with Gasteiger partial charge in [-0.3, -0.25) is 19.2 Å². The molecule has 1 aromatic heterocycles. The van der Waals surface area contributed by atoms with Crippen LogP contribution in [0, 0.1) is 30.0 Å². The summed E-state index contributed by atoms with van der Waals surface area (Å²) < 4.78 is 26.2. The van der Waals surface area contributed by atoms with Gasteiger partial charge in [0.1, 0.15) is 11.4 Å². The van der Waals surface area contributed by atoms with E-state index in [1.165, 1.54) is 18.2 Å². The molecule has 2 fully saturated rings. The average Bonchev–Trinajstić information content (AvgIpc) is 3.61. The molecule has 2 aromatic rings. The van der Waals surface area contributed by atoms with Crippen molar-refractivity contribution >= 4 is 34.3 Å². The Morgan fingerprint density at radius 1 is 1.22 bits per heavy atom. The van der Waals surface area contributed by atoms with Crippen LogP contribution in [0.2, 0.25) is 0 Å². The molecule has 0 radical (unpaired) electrons. The minimum Gasteiger partial charge on any atom is -0.482 e. The summed E-state index contributed by atoms with van der Waals surface area (Å²) in [7, 11) is 0. The fraction of sp³-hybridized carbons (Fsp3) is 0.528. The molecule has 1 amide bonds. The second kappa shape index (κ2) is 12.9. The number of nitrogens with zero attached hydrogens (tertiary/aromatic N) is 2.